The van der Waals surface area contributed by atoms with Gasteiger partial charge in [-0.05, 0) is 36.6 Å². The van der Waals surface area contributed by atoms with Gasteiger partial charge in [-0.3, -0.25) is 4.79 Å². The highest BCUT2D eigenvalue weighted by atomic mass is 35.5. The van der Waals surface area contributed by atoms with Crippen molar-refractivity contribution in [1.29, 1.82) is 0 Å². The molecule has 0 unspecified atom stereocenters. The van der Waals surface area contributed by atoms with Crippen LogP contribution < -0.4 is 10.6 Å². The summed E-state index contributed by atoms with van der Waals surface area (Å²) in [7, 11) is 0. The van der Waals surface area contributed by atoms with Gasteiger partial charge in [-0.2, -0.15) is 0 Å². The number of hydrogen-bond acceptors (Lipinski definition) is 2. The molecule has 2 atom stereocenters. The fraction of sp³-hybridized carbons (Fsp3) is 0.500. The average molecular weight is 301 g/mol. The molecular weight excluding hydrogens is 283 g/mol. The highest BCUT2D eigenvalue weighted by molar-refractivity contribution is 6.35. The first-order valence-electron chi connectivity index (χ1n) is 6.50. The van der Waals surface area contributed by atoms with Crippen molar-refractivity contribution in [3.63, 3.8) is 0 Å². The van der Waals surface area contributed by atoms with Crippen LogP contribution in [0, 0.1) is 11.8 Å². The lowest BCUT2D eigenvalue weighted by Gasteiger charge is -2.14. The first-order valence-corrected chi connectivity index (χ1v) is 7.26. The Balaban J connectivity index is 1.81. The molecule has 0 spiro atoms. The van der Waals surface area contributed by atoms with E-state index in [9.17, 15) is 4.79 Å². The SMILES string of the molecule is C[C@@H]1CNC[C@H]1C(=O)NCCc1ccc(Cl)cc1Cl. The Morgan fingerprint density at radius 2 is 2.21 bits per heavy atom. The molecule has 1 aliphatic heterocycles. The van der Waals surface area contributed by atoms with Crippen molar-refractivity contribution in [2.45, 2.75) is 13.3 Å². The summed E-state index contributed by atoms with van der Waals surface area (Å²) in [4.78, 5) is 12.0. The van der Waals surface area contributed by atoms with Crippen LogP contribution in [-0.4, -0.2) is 25.5 Å². The number of hydrogen-bond donors (Lipinski definition) is 2. The number of nitrogens with one attached hydrogen (secondary N) is 2. The first kappa shape index (κ1) is 14.6. The summed E-state index contributed by atoms with van der Waals surface area (Å²) in [5, 5.41) is 7.48. The zero-order valence-corrected chi connectivity index (χ0v) is 12.4. The van der Waals surface area contributed by atoms with Gasteiger partial charge in [0.25, 0.3) is 0 Å². The lowest BCUT2D eigenvalue weighted by molar-refractivity contribution is -0.125. The molecule has 1 saturated heterocycles. The molecule has 3 nitrogen and oxygen atoms in total. The van der Waals surface area contributed by atoms with Gasteiger partial charge < -0.3 is 10.6 Å². The van der Waals surface area contributed by atoms with Crippen molar-refractivity contribution in [3.05, 3.63) is 33.8 Å². The summed E-state index contributed by atoms with van der Waals surface area (Å²) in [6, 6.07) is 5.44. The Kier molecular flexibility index (Phi) is 5.08. The van der Waals surface area contributed by atoms with Crippen LogP contribution in [0.5, 0.6) is 0 Å². The van der Waals surface area contributed by atoms with Gasteiger partial charge in [0.1, 0.15) is 0 Å². The lowest BCUT2D eigenvalue weighted by Crippen LogP contribution is -2.35. The van der Waals surface area contributed by atoms with Gasteiger partial charge in [-0.15, -0.1) is 0 Å². The van der Waals surface area contributed by atoms with Crippen molar-refractivity contribution in [2.75, 3.05) is 19.6 Å². The summed E-state index contributed by atoms with van der Waals surface area (Å²) < 4.78 is 0. The normalized spacial score (nSPS) is 22.5. The van der Waals surface area contributed by atoms with Crippen molar-refractivity contribution < 1.29 is 4.79 Å². The largest absolute Gasteiger partial charge is 0.355 e. The molecule has 1 fully saturated rings. The van der Waals surface area contributed by atoms with E-state index in [1.54, 1.807) is 6.07 Å². The quantitative estimate of drug-likeness (QED) is 0.897. The Bertz CT molecular complexity index is 465. The zero-order chi connectivity index (χ0) is 13.8. The van der Waals surface area contributed by atoms with E-state index in [4.69, 9.17) is 23.2 Å². The van der Waals surface area contributed by atoms with Crippen molar-refractivity contribution >= 4 is 29.1 Å². The predicted molar refractivity (Wildman–Crippen MR) is 78.7 cm³/mol. The summed E-state index contributed by atoms with van der Waals surface area (Å²) in [5.74, 6) is 0.613. The Morgan fingerprint density at radius 3 is 2.84 bits per heavy atom. The van der Waals surface area contributed by atoms with E-state index in [1.165, 1.54) is 0 Å². The second-order valence-corrected chi connectivity index (χ2v) is 5.86. The van der Waals surface area contributed by atoms with Crippen LogP contribution in [0.4, 0.5) is 0 Å². The van der Waals surface area contributed by atoms with Crippen molar-refractivity contribution in [3.8, 4) is 0 Å². The predicted octanol–water partition coefficient (Wildman–Crippen LogP) is 2.51. The number of benzene rings is 1. The maximum Gasteiger partial charge on any atom is 0.224 e. The third-order valence-corrected chi connectivity index (χ3v) is 4.15. The van der Waals surface area contributed by atoms with Crippen molar-refractivity contribution in [1.82, 2.24) is 10.6 Å². The molecule has 0 saturated carbocycles. The average Bonchev–Trinajstić information content (AvgIpc) is 2.78. The smallest absolute Gasteiger partial charge is 0.224 e. The molecule has 2 rings (SSSR count). The summed E-state index contributed by atoms with van der Waals surface area (Å²) in [5.41, 5.74) is 1.00. The Morgan fingerprint density at radius 1 is 1.42 bits per heavy atom. The summed E-state index contributed by atoms with van der Waals surface area (Å²) >= 11 is 11.9. The first-order chi connectivity index (χ1) is 9.08. The van der Waals surface area contributed by atoms with Gasteiger partial charge >= 0.3 is 0 Å². The van der Waals surface area contributed by atoms with Gasteiger partial charge in [0.05, 0.1) is 5.92 Å². The molecule has 0 radical (unpaired) electrons. The van der Waals surface area contributed by atoms with E-state index < -0.39 is 0 Å². The van der Waals surface area contributed by atoms with Crippen LogP contribution in [-0.2, 0) is 11.2 Å². The molecule has 0 bridgehead atoms. The monoisotopic (exact) mass is 300 g/mol. The topological polar surface area (TPSA) is 41.1 Å². The number of halogens is 2. The molecule has 2 N–H and O–H groups in total. The molecule has 19 heavy (non-hydrogen) atoms. The highest BCUT2D eigenvalue weighted by Gasteiger charge is 2.29. The van der Waals surface area contributed by atoms with E-state index in [0.29, 0.717) is 22.5 Å². The van der Waals surface area contributed by atoms with Gasteiger partial charge in [0.15, 0.2) is 0 Å². The minimum atomic E-state index is 0.0840. The van der Waals surface area contributed by atoms with Crippen molar-refractivity contribution in [2.24, 2.45) is 11.8 Å². The van der Waals surface area contributed by atoms with E-state index in [2.05, 4.69) is 17.6 Å². The molecule has 1 aromatic rings. The number of carbonyl (C=O) groups excluding carboxylic acids is 1. The van der Waals surface area contributed by atoms with Crippen LogP contribution in [0.2, 0.25) is 10.0 Å². The van der Waals surface area contributed by atoms with Crippen LogP contribution in [0.25, 0.3) is 0 Å². The van der Waals surface area contributed by atoms with E-state index in [1.807, 2.05) is 12.1 Å². The van der Waals surface area contributed by atoms with Gasteiger partial charge in [-0.25, -0.2) is 0 Å². The van der Waals surface area contributed by atoms with Crippen LogP contribution >= 0.6 is 23.2 Å². The minimum Gasteiger partial charge on any atom is -0.355 e. The lowest BCUT2D eigenvalue weighted by atomic mass is 9.97. The molecule has 1 aromatic carbocycles. The van der Waals surface area contributed by atoms with Gasteiger partial charge in [0, 0.05) is 23.1 Å². The molecule has 1 aliphatic rings. The molecule has 0 aromatic heterocycles. The molecule has 5 heteroatoms. The fourth-order valence-electron chi connectivity index (χ4n) is 2.34. The summed E-state index contributed by atoms with van der Waals surface area (Å²) in [6.07, 6.45) is 0.719. The maximum absolute atomic E-state index is 12.0. The fourth-order valence-corrected chi connectivity index (χ4v) is 2.84. The Hall–Kier alpha value is -0.770. The number of rotatable bonds is 4. The van der Waals surface area contributed by atoms with E-state index in [0.717, 1.165) is 25.1 Å². The van der Waals surface area contributed by atoms with Gasteiger partial charge in [-0.1, -0.05) is 36.2 Å². The Labute approximate surface area is 123 Å². The maximum atomic E-state index is 12.0. The molecule has 1 heterocycles. The van der Waals surface area contributed by atoms with E-state index in [-0.39, 0.29) is 11.8 Å². The van der Waals surface area contributed by atoms with Crippen LogP contribution in [0.15, 0.2) is 18.2 Å². The minimum absolute atomic E-state index is 0.0840. The standard InChI is InChI=1S/C14H18Cl2N2O/c1-9-7-17-8-12(9)14(19)18-5-4-10-2-3-11(15)6-13(10)16/h2-3,6,9,12,17H,4-5,7-8H2,1H3,(H,18,19)/t9-,12-/m1/s1. The second kappa shape index (κ2) is 6.60. The second-order valence-electron chi connectivity index (χ2n) is 5.02. The van der Waals surface area contributed by atoms with Crippen LogP contribution in [0.3, 0.4) is 0 Å². The summed E-state index contributed by atoms with van der Waals surface area (Å²) in [6.45, 7) is 4.39. The third-order valence-electron chi connectivity index (χ3n) is 3.56. The van der Waals surface area contributed by atoms with E-state index >= 15 is 0 Å². The molecule has 104 valence electrons. The van der Waals surface area contributed by atoms with Crippen LogP contribution in [0.1, 0.15) is 12.5 Å². The zero-order valence-electron chi connectivity index (χ0n) is 10.9. The molecule has 0 aliphatic carbocycles. The number of amides is 1. The number of carbonyl (C=O) groups is 1. The molecular formula is C14H18Cl2N2O. The van der Waals surface area contributed by atoms with Gasteiger partial charge in [0.2, 0.25) is 5.91 Å². The third kappa shape index (κ3) is 3.85. The molecule has 1 amide bonds. The highest BCUT2D eigenvalue weighted by Crippen LogP contribution is 2.21.